The van der Waals surface area contributed by atoms with Gasteiger partial charge in [0, 0.05) is 17.7 Å². The maximum absolute atomic E-state index is 13.1. The van der Waals surface area contributed by atoms with E-state index in [0.717, 1.165) is 36.4 Å². The smallest absolute Gasteiger partial charge is 0.124 e. The minimum atomic E-state index is -0.337. The zero-order valence-electron chi connectivity index (χ0n) is 14.9. The van der Waals surface area contributed by atoms with Crippen molar-refractivity contribution in [1.82, 2.24) is 5.32 Å². The average molecular weight is 374 g/mol. The fourth-order valence-electron chi connectivity index (χ4n) is 3.19. The van der Waals surface area contributed by atoms with Crippen molar-refractivity contribution in [2.75, 3.05) is 6.54 Å². The highest BCUT2D eigenvalue weighted by Crippen LogP contribution is 2.23. The van der Waals surface area contributed by atoms with Crippen LogP contribution in [-0.4, -0.2) is 6.54 Å². The van der Waals surface area contributed by atoms with Gasteiger partial charge in [-0.25, -0.2) is 4.39 Å². The Morgan fingerprint density at radius 3 is 2.77 bits per heavy atom. The molecule has 2 aromatic carbocycles. The van der Waals surface area contributed by atoms with Crippen LogP contribution in [0.4, 0.5) is 4.39 Å². The molecule has 0 heterocycles. The zero-order chi connectivity index (χ0) is 18.2. The van der Waals surface area contributed by atoms with E-state index in [1.54, 1.807) is 11.6 Å². The van der Waals surface area contributed by atoms with Gasteiger partial charge in [-0.15, -0.1) is 0 Å². The molecule has 0 spiro atoms. The molecule has 0 saturated carbocycles. The van der Waals surface area contributed by atoms with E-state index in [1.165, 1.54) is 37.8 Å². The molecule has 138 valence electrons. The first-order valence-electron chi connectivity index (χ1n) is 9.25. The van der Waals surface area contributed by atoms with E-state index in [0.29, 0.717) is 11.6 Å². The molecule has 0 fully saturated rings. The number of nitrogens with one attached hydrogen (secondary N) is 1. The van der Waals surface area contributed by atoms with Crippen LogP contribution in [0.15, 0.2) is 54.1 Å². The van der Waals surface area contributed by atoms with Crippen LogP contribution in [0.1, 0.15) is 43.2 Å². The van der Waals surface area contributed by atoms with E-state index < -0.39 is 0 Å². The molecular weight excluding hydrogens is 349 g/mol. The van der Waals surface area contributed by atoms with Crippen LogP contribution >= 0.6 is 11.6 Å². The summed E-state index contributed by atoms with van der Waals surface area (Å²) in [6, 6.07) is 12.4. The van der Waals surface area contributed by atoms with Crippen molar-refractivity contribution in [2.45, 2.75) is 45.3 Å². The van der Waals surface area contributed by atoms with Crippen LogP contribution in [0.5, 0.6) is 5.75 Å². The molecule has 2 aromatic rings. The van der Waals surface area contributed by atoms with Crippen molar-refractivity contribution >= 4 is 11.6 Å². The molecular formula is C22H25ClFNO. The van der Waals surface area contributed by atoms with Crippen LogP contribution < -0.4 is 10.1 Å². The van der Waals surface area contributed by atoms with E-state index in [4.69, 9.17) is 16.3 Å². The summed E-state index contributed by atoms with van der Waals surface area (Å²) in [7, 11) is 0. The Balaban J connectivity index is 1.51. The summed E-state index contributed by atoms with van der Waals surface area (Å²) in [5, 5.41) is 3.90. The number of halogens is 2. The fourth-order valence-corrected chi connectivity index (χ4v) is 3.41. The largest absolute Gasteiger partial charge is 0.489 e. The molecule has 0 saturated heterocycles. The third-order valence-corrected chi connectivity index (χ3v) is 5.05. The zero-order valence-corrected chi connectivity index (χ0v) is 15.7. The van der Waals surface area contributed by atoms with Crippen LogP contribution in [0.2, 0.25) is 5.02 Å². The first kappa shape index (κ1) is 18.9. The molecule has 0 amide bonds. The molecule has 1 N–H and O–H groups in total. The number of hydrogen-bond acceptors (Lipinski definition) is 2. The lowest BCUT2D eigenvalue weighted by molar-refractivity contribution is 0.302. The first-order chi connectivity index (χ1) is 12.7. The third-order valence-electron chi connectivity index (χ3n) is 4.69. The lowest BCUT2D eigenvalue weighted by Gasteiger charge is -2.15. The standard InChI is InChI=1S/C22H25ClFNO/c23-21-14-20(24)11-10-19(21)16-26-22-9-5-4-8-18(22)15-25-13-12-17-6-2-1-3-7-17/h4-6,8-11,14,25H,1-3,7,12-13,15-16H2. The van der Waals surface area contributed by atoms with Gasteiger partial charge in [-0.1, -0.05) is 47.5 Å². The molecule has 0 aliphatic heterocycles. The molecule has 1 aliphatic carbocycles. The Morgan fingerprint density at radius 2 is 1.96 bits per heavy atom. The first-order valence-corrected chi connectivity index (χ1v) is 9.63. The summed E-state index contributed by atoms with van der Waals surface area (Å²) in [6.07, 6.45) is 8.66. The van der Waals surface area contributed by atoms with Gasteiger partial charge in [-0.2, -0.15) is 0 Å². The van der Waals surface area contributed by atoms with Crippen LogP contribution in [0, 0.1) is 5.82 Å². The van der Waals surface area contributed by atoms with E-state index in [1.807, 2.05) is 18.2 Å². The Kier molecular flexibility index (Phi) is 7.10. The maximum atomic E-state index is 13.1. The van der Waals surface area contributed by atoms with Crippen LogP contribution in [0.25, 0.3) is 0 Å². The van der Waals surface area contributed by atoms with Gasteiger partial charge in [0.2, 0.25) is 0 Å². The highest BCUT2D eigenvalue weighted by atomic mass is 35.5. The fraction of sp³-hybridized carbons (Fsp3) is 0.364. The lowest BCUT2D eigenvalue weighted by Crippen LogP contribution is -2.16. The van der Waals surface area contributed by atoms with Gasteiger partial charge in [0.15, 0.2) is 0 Å². The van der Waals surface area contributed by atoms with E-state index >= 15 is 0 Å². The molecule has 0 atom stereocenters. The summed E-state index contributed by atoms with van der Waals surface area (Å²) in [5.74, 6) is 0.494. The number of para-hydroxylation sites is 1. The van der Waals surface area contributed by atoms with Gasteiger partial charge >= 0.3 is 0 Å². The molecule has 1 aliphatic rings. The predicted molar refractivity (Wildman–Crippen MR) is 105 cm³/mol. The summed E-state index contributed by atoms with van der Waals surface area (Å²) in [4.78, 5) is 0. The van der Waals surface area contributed by atoms with Gasteiger partial charge in [0.25, 0.3) is 0 Å². The minimum absolute atomic E-state index is 0.322. The molecule has 0 radical (unpaired) electrons. The summed E-state index contributed by atoms with van der Waals surface area (Å²) in [6.45, 7) is 2.06. The second-order valence-electron chi connectivity index (χ2n) is 6.67. The van der Waals surface area contributed by atoms with E-state index in [2.05, 4.69) is 17.5 Å². The number of rotatable bonds is 8. The summed E-state index contributed by atoms with van der Waals surface area (Å²) in [5.41, 5.74) is 3.47. The quantitative estimate of drug-likeness (QED) is 0.450. The lowest BCUT2D eigenvalue weighted by atomic mass is 9.97. The van der Waals surface area contributed by atoms with Crippen molar-refractivity contribution in [3.05, 3.63) is 76.1 Å². The maximum Gasteiger partial charge on any atom is 0.124 e. The predicted octanol–water partition coefficient (Wildman–Crippen LogP) is 6.04. The molecule has 0 aromatic heterocycles. The highest BCUT2D eigenvalue weighted by Gasteiger charge is 2.07. The number of allylic oxidation sites excluding steroid dienone is 1. The Hall–Kier alpha value is -1.84. The minimum Gasteiger partial charge on any atom is -0.489 e. The summed E-state index contributed by atoms with van der Waals surface area (Å²) < 4.78 is 19.1. The Morgan fingerprint density at radius 1 is 1.08 bits per heavy atom. The van der Waals surface area contributed by atoms with Crippen LogP contribution in [0.3, 0.4) is 0 Å². The van der Waals surface area contributed by atoms with Crippen LogP contribution in [-0.2, 0) is 13.2 Å². The molecule has 0 unspecified atom stereocenters. The summed E-state index contributed by atoms with van der Waals surface area (Å²) >= 11 is 6.07. The molecule has 0 bridgehead atoms. The van der Waals surface area contributed by atoms with Gasteiger partial charge in [-0.3, -0.25) is 0 Å². The monoisotopic (exact) mass is 373 g/mol. The van der Waals surface area contributed by atoms with Crippen molar-refractivity contribution in [2.24, 2.45) is 0 Å². The third kappa shape index (κ3) is 5.58. The second kappa shape index (κ2) is 9.75. The topological polar surface area (TPSA) is 21.3 Å². The van der Waals surface area contributed by atoms with Crippen molar-refractivity contribution < 1.29 is 9.13 Å². The number of ether oxygens (including phenoxy) is 1. The SMILES string of the molecule is Fc1ccc(COc2ccccc2CNCCC2=CCCCC2)c(Cl)c1. The second-order valence-corrected chi connectivity index (χ2v) is 7.07. The van der Waals surface area contributed by atoms with Gasteiger partial charge < -0.3 is 10.1 Å². The van der Waals surface area contributed by atoms with Gasteiger partial charge in [-0.05, 0) is 56.8 Å². The molecule has 4 heteroatoms. The Labute approximate surface area is 160 Å². The highest BCUT2D eigenvalue weighted by molar-refractivity contribution is 6.31. The van der Waals surface area contributed by atoms with Gasteiger partial charge in [0.05, 0.1) is 5.02 Å². The molecule has 2 nitrogen and oxygen atoms in total. The molecule has 26 heavy (non-hydrogen) atoms. The van der Waals surface area contributed by atoms with Crippen molar-refractivity contribution in [3.8, 4) is 5.75 Å². The van der Waals surface area contributed by atoms with Crippen molar-refractivity contribution in [3.63, 3.8) is 0 Å². The average Bonchev–Trinajstić information content (AvgIpc) is 2.66. The normalized spacial score (nSPS) is 14.2. The Bertz CT molecular complexity index is 760. The van der Waals surface area contributed by atoms with E-state index in [9.17, 15) is 4.39 Å². The van der Waals surface area contributed by atoms with Gasteiger partial charge in [0.1, 0.15) is 18.2 Å². The van der Waals surface area contributed by atoms with E-state index in [-0.39, 0.29) is 5.82 Å². The van der Waals surface area contributed by atoms with Crippen molar-refractivity contribution in [1.29, 1.82) is 0 Å². The number of hydrogen-bond donors (Lipinski definition) is 1. The molecule has 3 rings (SSSR count). The number of benzene rings is 2.